The van der Waals surface area contributed by atoms with Crippen molar-refractivity contribution in [2.24, 2.45) is 4.99 Å². The number of hydrogen-bond acceptors (Lipinski definition) is 3. The zero-order valence-corrected chi connectivity index (χ0v) is 13.7. The number of nitrogens with zero attached hydrogens (tertiary/aromatic N) is 1. The Morgan fingerprint density at radius 3 is 2.71 bits per heavy atom. The SMILES string of the molecule is COCC1=Nc2c(F)ccc(C(=O)Cc3ccc(F)c(Cl)c3)c2C1. The molecule has 0 radical (unpaired) electrons. The summed E-state index contributed by atoms with van der Waals surface area (Å²) >= 11 is 5.74. The zero-order chi connectivity index (χ0) is 17.3. The molecule has 0 amide bonds. The van der Waals surface area contributed by atoms with Crippen LogP contribution >= 0.6 is 11.6 Å². The standard InChI is InChI=1S/C18H14ClF2NO2/c1-24-9-11-8-13-12(3-5-16(21)18(13)22-11)17(23)7-10-2-4-15(20)14(19)6-10/h2-6H,7-9H2,1H3. The maximum Gasteiger partial charge on any atom is 0.167 e. The molecule has 1 heterocycles. The first-order chi connectivity index (χ1) is 11.5. The predicted molar refractivity (Wildman–Crippen MR) is 88.5 cm³/mol. The maximum absolute atomic E-state index is 14.0. The van der Waals surface area contributed by atoms with Gasteiger partial charge in [0, 0.05) is 31.2 Å². The Kier molecular flexibility index (Phi) is 4.73. The lowest BCUT2D eigenvalue weighted by molar-refractivity contribution is 0.0992. The summed E-state index contributed by atoms with van der Waals surface area (Å²) in [5.41, 5.74) is 2.46. The van der Waals surface area contributed by atoms with Gasteiger partial charge < -0.3 is 4.74 Å². The van der Waals surface area contributed by atoms with Crippen LogP contribution in [-0.4, -0.2) is 25.2 Å². The molecule has 1 aliphatic rings. The number of Topliss-reactive ketones (excluding diaryl/α,β-unsaturated/α-hetero) is 1. The normalized spacial score (nSPS) is 12.9. The van der Waals surface area contributed by atoms with Crippen molar-refractivity contribution in [2.45, 2.75) is 12.8 Å². The molecule has 0 fully saturated rings. The third-order valence-electron chi connectivity index (χ3n) is 3.84. The number of carbonyl (C=O) groups excluding carboxylic acids is 1. The predicted octanol–water partition coefficient (Wildman–Crippen LogP) is 4.32. The number of fused-ring (bicyclic) bond motifs is 1. The molecule has 0 atom stereocenters. The van der Waals surface area contributed by atoms with Crippen molar-refractivity contribution < 1.29 is 18.3 Å². The lowest BCUT2D eigenvalue weighted by atomic mass is 9.95. The summed E-state index contributed by atoms with van der Waals surface area (Å²) in [4.78, 5) is 16.8. The Hall–Kier alpha value is -2.11. The fraction of sp³-hybridized carbons (Fsp3) is 0.222. The Balaban J connectivity index is 1.88. The van der Waals surface area contributed by atoms with E-state index in [9.17, 15) is 13.6 Å². The molecule has 1 aliphatic heterocycles. The van der Waals surface area contributed by atoms with E-state index in [0.29, 0.717) is 28.8 Å². The molecule has 0 aromatic heterocycles. The highest BCUT2D eigenvalue weighted by Gasteiger charge is 2.24. The molecular weight excluding hydrogens is 336 g/mol. The first kappa shape index (κ1) is 16.7. The van der Waals surface area contributed by atoms with E-state index in [-0.39, 0.29) is 29.5 Å². The van der Waals surface area contributed by atoms with Crippen LogP contribution in [0.2, 0.25) is 5.02 Å². The van der Waals surface area contributed by atoms with Gasteiger partial charge in [0.2, 0.25) is 0 Å². The summed E-state index contributed by atoms with van der Waals surface area (Å²) in [5, 5.41) is -0.0321. The van der Waals surface area contributed by atoms with Gasteiger partial charge in [0.1, 0.15) is 17.3 Å². The monoisotopic (exact) mass is 349 g/mol. The zero-order valence-electron chi connectivity index (χ0n) is 12.9. The van der Waals surface area contributed by atoms with Gasteiger partial charge in [-0.3, -0.25) is 9.79 Å². The molecular formula is C18H14ClF2NO2. The largest absolute Gasteiger partial charge is 0.379 e. The second-order valence-corrected chi connectivity index (χ2v) is 5.97. The van der Waals surface area contributed by atoms with Crippen LogP contribution in [0.1, 0.15) is 21.5 Å². The fourth-order valence-electron chi connectivity index (χ4n) is 2.75. The molecule has 0 saturated carbocycles. The van der Waals surface area contributed by atoms with Crippen molar-refractivity contribution in [3.8, 4) is 0 Å². The highest BCUT2D eigenvalue weighted by atomic mass is 35.5. The fourth-order valence-corrected chi connectivity index (χ4v) is 2.95. The molecule has 0 unspecified atom stereocenters. The van der Waals surface area contributed by atoms with Crippen LogP contribution < -0.4 is 0 Å². The highest BCUT2D eigenvalue weighted by molar-refractivity contribution is 6.30. The Labute approximate surface area is 142 Å². The molecule has 0 aliphatic carbocycles. The average molecular weight is 350 g/mol. The summed E-state index contributed by atoms with van der Waals surface area (Å²) in [6.07, 6.45) is 0.434. The number of methoxy groups -OCH3 is 1. The lowest BCUT2D eigenvalue weighted by Crippen LogP contribution is -2.11. The molecule has 124 valence electrons. The van der Waals surface area contributed by atoms with Gasteiger partial charge in [-0.15, -0.1) is 0 Å². The Morgan fingerprint density at radius 1 is 1.25 bits per heavy atom. The van der Waals surface area contributed by atoms with Crippen LogP contribution in [0.15, 0.2) is 35.3 Å². The molecule has 0 spiro atoms. The molecule has 24 heavy (non-hydrogen) atoms. The second kappa shape index (κ2) is 6.79. The van der Waals surface area contributed by atoms with Crippen molar-refractivity contribution in [2.75, 3.05) is 13.7 Å². The van der Waals surface area contributed by atoms with Gasteiger partial charge in [0.15, 0.2) is 5.78 Å². The van der Waals surface area contributed by atoms with Crippen LogP contribution in [0.5, 0.6) is 0 Å². The van der Waals surface area contributed by atoms with Gasteiger partial charge in [-0.2, -0.15) is 0 Å². The van der Waals surface area contributed by atoms with E-state index >= 15 is 0 Å². The van der Waals surface area contributed by atoms with Crippen LogP contribution in [0, 0.1) is 11.6 Å². The topological polar surface area (TPSA) is 38.7 Å². The smallest absolute Gasteiger partial charge is 0.167 e. The van der Waals surface area contributed by atoms with Gasteiger partial charge in [0.05, 0.1) is 11.6 Å². The number of halogens is 3. The van der Waals surface area contributed by atoms with Crippen molar-refractivity contribution in [3.05, 3.63) is 63.7 Å². The minimum atomic E-state index is -0.534. The van der Waals surface area contributed by atoms with Gasteiger partial charge in [0.25, 0.3) is 0 Å². The van der Waals surface area contributed by atoms with Gasteiger partial charge in [-0.1, -0.05) is 17.7 Å². The van der Waals surface area contributed by atoms with Gasteiger partial charge >= 0.3 is 0 Å². The first-order valence-corrected chi connectivity index (χ1v) is 7.71. The summed E-state index contributed by atoms with van der Waals surface area (Å²) in [5.74, 6) is -1.19. The van der Waals surface area contributed by atoms with Crippen LogP contribution in [0.3, 0.4) is 0 Å². The summed E-state index contributed by atoms with van der Waals surface area (Å²) in [6.45, 7) is 0.287. The van der Waals surface area contributed by atoms with E-state index < -0.39 is 11.6 Å². The number of ether oxygens (including phenoxy) is 1. The number of benzene rings is 2. The van der Waals surface area contributed by atoms with E-state index in [2.05, 4.69) is 4.99 Å². The summed E-state index contributed by atoms with van der Waals surface area (Å²) in [6, 6.07) is 6.86. The molecule has 2 aromatic carbocycles. The maximum atomic E-state index is 14.0. The van der Waals surface area contributed by atoms with Crippen LogP contribution in [0.25, 0.3) is 0 Å². The quantitative estimate of drug-likeness (QED) is 0.754. The highest BCUT2D eigenvalue weighted by Crippen LogP contribution is 2.33. The molecule has 3 nitrogen and oxygen atoms in total. The minimum Gasteiger partial charge on any atom is -0.379 e. The first-order valence-electron chi connectivity index (χ1n) is 7.33. The van der Waals surface area contributed by atoms with Crippen LogP contribution in [0.4, 0.5) is 14.5 Å². The van der Waals surface area contributed by atoms with Crippen LogP contribution in [-0.2, 0) is 17.6 Å². The third kappa shape index (κ3) is 3.23. The number of rotatable bonds is 5. The Bertz CT molecular complexity index is 849. The van der Waals surface area contributed by atoms with E-state index in [1.807, 2.05) is 0 Å². The van der Waals surface area contributed by atoms with E-state index in [4.69, 9.17) is 16.3 Å². The number of carbonyl (C=O) groups is 1. The molecule has 0 saturated heterocycles. The van der Waals surface area contributed by atoms with Crippen molar-refractivity contribution in [1.29, 1.82) is 0 Å². The molecule has 6 heteroatoms. The van der Waals surface area contributed by atoms with E-state index in [0.717, 1.165) is 0 Å². The number of ketones is 1. The molecule has 0 N–H and O–H groups in total. The average Bonchev–Trinajstić information content (AvgIpc) is 2.96. The molecule has 0 bridgehead atoms. The Morgan fingerprint density at radius 2 is 2.00 bits per heavy atom. The van der Waals surface area contributed by atoms with Crippen molar-refractivity contribution >= 4 is 28.8 Å². The lowest BCUT2D eigenvalue weighted by Gasteiger charge is -2.08. The summed E-state index contributed by atoms with van der Waals surface area (Å²) < 4.78 is 32.2. The second-order valence-electron chi connectivity index (χ2n) is 5.56. The third-order valence-corrected chi connectivity index (χ3v) is 4.13. The molecule has 3 rings (SSSR count). The molecule has 2 aromatic rings. The van der Waals surface area contributed by atoms with E-state index in [1.165, 1.54) is 37.4 Å². The van der Waals surface area contributed by atoms with Crippen molar-refractivity contribution in [1.82, 2.24) is 0 Å². The minimum absolute atomic E-state index is 0.0321. The van der Waals surface area contributed by atoms with E-state index in [1.54, 1.807) is 0 Å². The number of hydrogen-bond donors (Lipinski definition) is 0. The number of aliphatic imine (C=N–C) groups is 1. The van der Waals surface area contributed by atoms with Gasteiger partial charge in [-0.25, -0.2) is 8.78 Å². The van der Waals surface area contributed by atoms with Gasteiger partial charge in [-0.05, 0) is 35.4 Å². The van der Waals surface area contributed by atoms with Crippen molar-refractivity contribution in [3.63, 3.8) is 0 Å². The summed E-state index contributed by atoms with van der Waals surface area (Å²) in [7, 11) is 1.53.